The zero-order valence-corrected chi connectivity index (χ0v) is 17.3. The van der Waals surface area contributed by atoms with Crippen molar-refractivity contribution in [1.29, 1.82) is 0 Å². The number of ether oxygens (including phenoxy) is 1. The van der Waals surface area contributed by atoms with Gasteiger partial charge in [0, 0.05) is 52.2 Å². The van der Waals surface area contributed by atoms with Crippen molar-refractivity contribution in [1.82, 2.24) is 24.7 Å². The second kappa shape index (κ2) is 9.56. The molecule has 0 unspecified atom stereocenters. The van der Waals surface area contributed by atoms with Gasteiger partial charge < -0.3 is 19.5 Å². The molecule has 0 saturated carbocycles. The molecule has 8 nitrogen and oxygen atoms in total. The number of nitrogens with one attached hydrogen (secondary N) is 1. The number of likely N-dealkylation sites (N-methyl/N-ethyl adjacent to an activating group) is 1. The summed E-state index contributed by atoms with van der Waals surface area (Å²) in [6.45, 7) is 5.17. The summed E-state index contributed by atoms with van der Waals surface area (Å²) in [4.78, 5) is 33.0. The first-order valence-corrected chi connectivity index (χ1v) is 9.83. The molecule has 0 radical (unpaired) electrons. The molecule has 1 fully saturated rings. The van der Waals surface area contributed by atoms with Crippen molar-refractivity contribution in [2.45, 2.75) is 32.5 Å². The number of benzene rings is 1. The summed E-state index contributed by atoms with van der Waals surface area (Å²) < 4.78 is 7.25. The van der Waals surface area contributed by atoms with Gasteiger partial charge >= 0.3 is 0 Å². The van der Waals surface area contributed by atoms with Crippen molar-refractivity contribution in [3.63, 3.8) is 0 Å². The Bertz CT molecular complexity index is 837. The predicted octanol–water partition coefficient (Wildman–Crippen LogP) is 1.05. The van der Waals surface area contributed by atoms with Crippen molar-refractivity contribution < 1.29 is 14.3 Å². The number of aromatic nitrogens is 2. The third-order valence-electron chi connectivity index (χ3n) is 5.33. The van der Waals surface area contributed by atoms with E-state index in [0.29, 0.717) is 32.7 Å². The minimum absolute atomic E-state index is 0.0388. The zero-order valence-electron chi connectivity index (χ0n) is 17.3. The van der Waals surface area contributed by atoms with E-state index >= 15 is 0 Å². The maximum atomic E-state index is 12.7. The summed E-state index contributed by atoms with van der Waals surface area (Å²) in [5, 5.41) is 2.89. The van der Waals surface area contributed by atoms with Crippen molar-refractivity contribution >= 4 is 11.8 Å². The fourth-order valence-corrected chi connectivity index (χ4v) is 3.58. The number of imidazole rings is 1. The summed E-state index contributed by atoms with van der Waals surface area (Å²) in [7, 11) is 3.43. The lowest BCUT2D eigenvalue weighted by Crippen LogP contribution is -2.56. The van der Waals surface area contributed by atoms with Crippen LogP contribution in [0.15, 0.2) is 36.9 Å². The molecule has 0 spiro atoms. The second-order valence-corrected chi connectivity index (χ2v) is 7.40. The van der Waals surface area contributed by atoms with Gasteiger partial charge in [-0.05, 0) is 24.1 Å². The molecule has 0 aliphatic carbocycles. The Balaban J connectivity index is 1.62. The number of aryl methyl sites for hydroxylation is 1. The summed E-state index contributed by atoms with van der Waals surface area (Å²) in [6.07, 6.45) is 5.48. The van der Waals surface area contributed by atoms with E-state index in [1.54, 1.807) is 31.6 Å². The minimum Gasteiger partial charge on any atom is -0.496 e. The fraction of sp³-hybridized carbons (Fsp3) is 0.476. The lowest BCUT2D eigenvalue weighted by Gasteiger charge is -2.35. The summed E-state index contributed by atoms with van der Waals surface area (Å²) >= 11 is 0. The summed E-state index contributed by atoms with van der Waals surface area (Å²) in [5.41, 5.74) is 2.15. The number of nitrogens with zero attached hydrogens (tertiary/aromatic N) is 4. The quantitative estimate of drug-likeness (QED) is 0.718. The van der Waals surface area contributed by atoms with Gasteiger partial charge in [0.1, 0.15) is 5.75 Å². The number of hydrogen-bond acceptors (Lipinski definition) is 5. The largest absolute Gasteiger partial charge is 0.496 e. The summed E-state index contributed by atoms with van der Waals surface area (Å²) in [6, 6.07) is 5.56. The Kier molecular flexibility index (Phi) is 6.87. The minimum atomic E-state index is -0.464. The molecule has 0 bridgehead atoms. The van der Waals surface area contributed by atoms with Crippen LogP contribution in [-0.4, -0.2) is 71.0 Å². The standard InChI is InChI=1S/C21H29N5O3/c1-16-12-17(4-5-19(16)29-3)14-26-9-7-23-21(28)18(26)13-20(27)24(2)10-11-25-8-6-22-15-25/h4-6,8,12,15,18H,7,9-11,13-14H2,1-3H3,(H,23,28)/t18-/m1/s1. The van der Waals surface area contributed by atoms with E-state index in [-0.39, 0.29) is 18.2 Å². The number of amides is 2. The van der Waals surface area contributed by atoms with Gasteiger partial charge in [0.05, 0.1) is 25.9 Å². The number of carbonyl (C=O) groups is 2. The van der Waals surface area contributed by atoms with Gasteiger partial charge in [0.2, 0.25) is 11.8 Å². The Hall–Kier alpha value is -2.87. The molecular weight excluding hydrogens is 370 g/mol. The molecule has 29 heavy (non-hydrogen) atoms. The van der Waals surface area contributed by atoms with Gasteiger partial charge in [-0.1, -0.05) is 12.1 Å². The third kappa shape index (κ3) is 5.35. The normalized spacial score (nSPS) is 17.1. The predicted molar refractivity (Wildman–Crippen MR) is 109 cm³/mol. The topological polar surface area (TPSA) is 79.7 Å². The van der Waals surface area contributed by atoms with Gasteiger partial charge in [-0.25, -0.2) is 4.98 Å². The molecule has 156 valence electrons. The zero-order chi connectivity index (χ0) is 20.8. The Morgan fingerprint density at radius 3 is 2.93 bits per heavy atom. The molecule has 2 aromatic rings. The number of piperazine rings is 1. The highest BCUT2D eigenvalue weighted by Crippen LogP contribution is 2.21. The van der Waals surface area contributed by atoms with Crippen LogP contribution in [0.2, 0.25) is 0 Å². The van der Waals surface area contributed by atoms with E-state index in [2.05, 4.69) is 21.3 Å². The Morgan fingerprint density at radius 2 is 2.24 bits per heavy atom. The van der Waals surface area contributed by atoms with E-state index in [9.17, 15) is 9.59 Å². The maximum absolute atomic E-state index is 12.7. The van der Waals surface area contributed by atoms with Crippen LogP contribution in [0, 0.1) is 6.92 Å². The van der Waals surface area contributed by atoms with Crippen LogP contribution in [0.5, 0.6) is 5.75 Å². The first-order chi connectivity index (χ1) is 14.0. The van der Waals surface area contributed by atoms with Gasteiger partial charge in [0.25, 0.3) is 0 Å². The van der Waals surface area contributed by atoms with E-state index in [1.165, 1.54) is 0 Å². The molecule has 1 saturated heterocycles. The SMILES string of the molecule is COc1ccc(CN2CCNC(=O)[C@H]2CC(=O)N(C)CCn2ccnc2)cc1C. The first-order valence-electron chi connectivity index (χ1n) is 9.83. The van der Waals surface area contributed by atoms with Crippen LogP contribution in [0.1, 0.15) is 17.5 Å². The molecule has 3 rings (SSSR count). The van der Waals surface area contributed by atoms with Crippen LogP contribution in [-0.2, 0) is 22.7 Å². The van der Waals surface area contributed by atoms with Crippen molar-refractivity contribution in [2.75, 3.05) is 33.8 Å². The molecule has 8 heteroatoms. The number of methoxy groups -OCH3 is 1. The molecule has 1 N–H and O–H groups in total. The number of carbonyl (C=O) groups excluding carboxylic acids is 2. The average molecular weight is 399 g/mol. The summed E-state index contributed by atoms with van der Waals surface area (Å²) in [5.74, 6) is 0.720. The van der Waals surface area contributed by atoms with Crippen LogP contribution in [0.3, 0.4) is 0 Å². The third-order valence-corrected chi connectivity index (χ3v) is 5.33. The van der Waals surface area contributed by atoms with Gasteiger partial charge in [-0.15, -0.1) is 0 Å². The maximum Gasteiger partial charge on any atom is 0.237 e. The van der Waals surface area contributed by atoms with E-state index < -0.39 is 6.04 Å². The lowest BCUT2D eigenvalue weighted by molar-refractivity contribution is -0.138. The van der Waals surface area contributed by atoms with Crippen molar-refractivity contribution in [2.24, 2.45) is 0 Å². The van der Waals surface area contributed by atoms with Gasteiger partial charge in [0.15, 0.2) is 0 Å². The Morgan fingerprint density at radius 1 is 1.41 bits per heavy atom. The van der Waals surface area contributed by atoms with Crippen LogP contribution >= 0.6 is 0 Å². The van der Waals surface area contributed by atoms with E-state index in [0.717, 1.165) is 16.9 Å². The number of rotatable bonds is 8. The Labute approximate surface area is 171 Å². The highest BCUT2D eigenvalue weighted by atomic mass is 16.5. The average Bonchev–Trinajstić information content (AvgIpc) is 3.22. The van der Waals surface area contributed by atoms with Crippen molar-refractivity contribution in [3.05, 3.63) is 48.0 Å². The smallest absolute Gasteiger partial charge is 0.237 e. The number of hydrogen-bond donors (Lipinski definition) is 1. The fourth-order valence-electron chi connectivity index (χ4n) is 3.58. The molecule has 2 heterocycles. The van der Waals surface area contributed by atoms with E-state index in [1.807, 2.05) is 29.8 Å². The van der Waals surface area contributed by atoms with Crippen LogP contribution in [0.4, 0.5) is 0 Å². The van der Waals surface area contributed by atoms with Crippen LogP contribution < -0.4 is 10.1 Å². The molecule has 1 aromatic heterocycles. The highest BCUT2D eigenvalue weighted by molar-refractivity contribution is 5.88. The highest BCUT2D eigenvalue weighted by Gasteiger charge is 2.32. The molecule has 1 aliphatic rings. The van der Waals surface area contributed by atoms with Crippen molar-refractivity contribution in [3.8, 4) is 5.75 Å². The molecule has 1 atom stereocenters. The monoisotopic (exact) mass is 399 g/mol. The molecular formula is C21H29N5O3. The van der Waals surface area contributed by atoms with Gasteiger partial charge in [-0.2, -0.15) is 0 Å². The van der Waals surface area contributed by atoms with Gasteiger partial charge in [-0.3, -0.25) is 14.5 Å². The molecule has 1 aliphatic heterocycles. The van der Waals surface area contributed by atoms with Crippen LogP contribution in [0.25, 0.3) is 0 Å². The first kappa shape index (κ1) is 20.9. The molecule has 1 aromatic carbocycles. The van der Waals surface area contributed by atoms with E-state index in [4.69, 9.17) is 4.74 Å². The molecule has 2 amide bonds. The second-order valence-electron chi connectivity index (χ2n) is 7.40. The lowest BCUT2D eigenvalue weighted by atomic mass is 10.0.